The van der Waals surface area contributed by atoms with Gasteiger partial charge in [0.05, 0.1) is 0 Å². The zero-order valence-electron chi connectivity index (χ0n) is 11.8. The number of nitriles is 1. The second-order valence-corrected chi connectivity index (χ2v) is 6.10. The van der Waals surface area contributed by atoms with Crippen molar-refractivity contribution in [2.75, 3.05) is 0 Å². The van der Waals surface area contributed by atoms with Crippen molar-refractivity contribution in [1.29, 1.82) is 5.26 Å². The van der Waals surface area contributed by atoms with Crippen molar-refractivity contribution in [3.8, 4) is 11.9 Å². The van der Waals surface area contributed by atoms with Crippen LogP contribution in [0.25, 0.3) is 0 Å². The molecule has 22 heavy (non-hydrogen) atoms. The highest BCUT2D eigenvalue weighted by Crippen LogP contribution is 2.36. The van der Waals surface area contributed by atoms with E-state index in [9.17, 15) is 14.8 Å². The van der Waals surface area contributed by atoms with Crippen LogP contribution in [0.1, 0.15) is 35.1 Å². The van der Waals surface area contributed by atoms with Crippen LogP contribution < -0.4 is 0 Å². The van der Waals surface area contributed by atoms with Crippen molar-refractivity contribution >= 4 is 11.8 Å². The third-order valence-corrected chi connectivity index (χ3v) is 4.84. The van der Waals surface area contributed by atoms with E-state index in [1.807, 2.05) is 6.07 Å². The van der Waals surface area contributed by atoms with Crippen molar-refractivity contribution in [1.82, 2.24) is 9.97 Å². The summed E-state index contributed by atoms with van der Waals surface area (Å²) in [4.78, 5) is 7.79. The maximum Gasteiger partial charge on any atom is 0.230 e. The summed E-state index contributed by atoms with van der Waals surface area (Å²) in [5.41, 5.74) is 2.71. The van der Waals surface area contributed by atoms with E-state index in [4.69, 9.17) is 0 Å². The summed E-state index contributed by atoms with van der Waals surface area (Å²) in [7, 11) is 0. The summed E-state index contributed by atoms with van der Waals surface area (Å²) < 4.78 is 13.6. The highest BCUT2D eigenvalue weighted by Gasteiger charge is 2.22. The van der Waals surface area contributed by atoms with E-state index in [2.05, 4.69) is 9.97 Å². The van der Waals surface area contributed by atoms with Crippen molar-refractivity contribution in [3.05, 3.63) is 46.5 Å². The molecule has 2 aromatic rings. The van der Waals surface area contributed by atoms with Crippen LogP contribution in [0.5, 0.6) is 5.88 Å². The van der Waals surface area contributed by atoms with Gasteiger partial charge in [-0.2, -0.15) is 9.65 Å². The third kappa shape index (κ3) is 2.77. The van der Waals surface area contributed by atoms with E-state index in [1.54, 1.807) is 12.1 Å². The number of hydrogen-bond donors (Lipinski definition) is 1. The quantitative estimate of drug-likeness (QED) is 0.694. The van der Waals surface area contributed by atoms with Crippen LogP contribution in [0, 0.1) is 17.3 Å². The molecule has 0 atom stereocenters. The molecule has 2 aromatic heterocycles. The van der Waals surface area contributed by atoms with Crippen molar-refractivity contribution < 1.29 is 9.50 Å². The summed E-state index contributed by atoms with van der Waals surface area (Å²) in [5, 5.41) is 19.9. The molecule has 0 spiro atoms. The Balaban J connectivity index is 1.93. The molecule has 4 nitrogen and oxygen atoms in total. The molecular weight excluding hydrogens is 301 g/mol. The molecule has 0 aromatic carbocycles. The van der Waals surface area contributed by atoms with Crippen LogP contribution in [0.15, 0.2) is 23.4 Å². The van der Waals surface area contributed by atoms with Gasteiger partial charge in [0.15, 0.2) is 0 Å². The van der Waals surface area contributed by atoms with Gasteiger partial charge in [0.25, 0.3) is 0 Å². The molecule has 1 aliphatic rings. The lowest BCUT2D eigenvalue weighted by atomic mass is 9.90. The summed E-state index contributed by atoms with van der Waals surface area (Å²) >= 11 is 1.38. The SMILES string of the molecule is N#Cc1c(O)nc(SCc2cccnc2F)c2c1CCCC2. The first-order valence-corrected chi connectivity index (χ1v) is 8.06. The number of hydrogen-bond acceptors (Lipinski definition) is 5. The summed E-state index contributed by atoms with van der Waals surface area (Å²) in [6.07, 6.45) is 5.08. The van der Waals surface area contributed by atoms with Crippen LogP contribution in [0.4, 0.5) is 4.39 Å². The van der Waals surface area contributed by atoms with Gasteiger partial charge in [-0.1, -0.05) is 6.07 Å². The minimum atomic E-state index is -0.485. The van der Waals surface area contributed by atoms with Gasteiger partial charge in [-0.3, -0.25) is 0 Å². The van der Waals surface area contributed by atoms with Gasteiger partial charge < -0.3 is 5.11 Å². The van der Waals surface area contributed by atoms with Gasteiger partial charge in [-0.25, -0.2) is 9.97 Å². The van der Waals surface area contributed by atoms with Gasteiger partial charge in [0.2, 0.25) is 11.8 Å². The van der Waals surface area contributed by atoms with Crippen LogP contribution in [-0.2, 0) is 18.6 Å². The summed E-state index contributed by atoms with van der Waals surface area (Å²) in [5.74, 6) is -0.316. The van der Waals surface area contributed by atoms with Crippen molar-refractivity contribution in [2.24, 2.45) is 0 Å². The molecule has 0 amide bonds. The first-order valence-electron chi connectivity index (χ1n) is 7.07. The molecular formula is C16H14FN3OS. The number of halogens is 1. The lowest BCUT2D eigenvalue weighted by Gasteiger charge is -2.20. The van der Waals surface area contributed by atoms with Crippen molar-refractivity contribution in [3.63, 3.8) is 0 Å². The van der Waals surface area contributed by atoms with Crippen LogP contribution in [0.3, 0.4) is 0 Å². The molecule has 0 bridgehead atoms. The zero-order chi connectivity index (χ0) is 15.5. The van der Waals surface area contributed by atoms with E-state index in [0.717, 1.165) is 36.8 Å². The lowest BCUT2D eigenvalue weighted by Crippen LogP contribution is -2.09. The average molecular weight is 315 g/mol. The number of pyridine rings is 2. The maximum absolute atomic E-state index is 13.6. The van der Waals surface area contributed by atoms with Gasteiger partial charge in [-0.15, -0.1) is 11.8 Å². The van der Waals surface area contributed by atoms with Crippen LogP contribution in [0.2, 0.25) is 0 Å². The Hall–Kier alpha value is -2.13. The van der Waals surface area contributed by atoms with E-state index in [-0.39, 0.29) is 11.4 Å². The normalized spacial score (nSPS) is 13.5. The van der Waals surface area contributed by atoms with Crippen molar-refractivity contribution in [2.45, 2.75) is 36.5 Å². The highest BCUT2D eigenvalue weighted by atomic mass is 32.2. The predicted octanol–water partition coefficient (Wildman–Crippen LogP) is 3.36. The Morgan fingerprint density at radius 2 is 2.09 bits per heavy atom. The molecule has 0 fully saturated rings. The first kappa shape index (κ1) is 14.8. The first-order chi connectivity index (χ1) is 10.7. The molecule has 2 heterocycles. The molecule has 112 valence electrons. The number of fused-ring (bicyclic) bond motifs is 1. The Kier molecular flexibility index (Phi) is 4.25. The second kappa shape index (κ2) is 6.32. The molecule has 1 N–H and O–H groups in total. The monoisotopic (exact) mass is 315 g/mol. The molecule has 0 radical (unpaired) electrons. The fourth-order valence-corrected chi connectivity index (χ4v) is 3.74. The fourth-order valence-electron chi connectivity index (χ4n) is 2.68. The minimum Gasteiger partial charge on any atom is -0.492 e. The van der Waals surface area contributed by atoms with E-state index < -0.39 is 5.95 Å². The van der Waals surface area contributed by atoms with Gasteiger partial charge in [-0.05, 0) is 42.9 Å². The molecule has 6 heteroatoms. The number of aromatic hydroxyl groups is 1. The number of rotatable bonds is 3. The lowest BCUT2D eigenvalue weighted by molar-refractivity contribution is 0.442. The Bertz CT molecular complexity index is 758. The topological polar surface area (TPSA) is 69.8 Å². The Morgan fingerprint density at radius 3 is 2.82 bits per heavy atom. The van der Waals surface area contributed by atoms with Gasteiger partial charge in [0, 0.05) is 17.5 Å². The Morgan fingerprint density at radius 1 is 1.32 bits per heavy atom. The van der Waals surface area contributed by atoms with E-state index in [1.165, 1.54) is 18.0 Å². The fraction of sp³-hybridized carbons (Fsp3) is 0.312. The van der Waals surface area contributed by atoms with Gasteiger partial charge in [0.1, 0.15) is 16.7 Å². The van der Waals surface area contributed by atoms with E-state index >= 15 is 0 Å². The average Bonchev–Trinajstić information content (AvgIpc) is 2.54. The molecule has 3 rings (SSSR count). The summed E-state index contributed by atoms with van der Waals surface area (Å²) in [6, 6.07) is 5.42. The molecule has 0 saturated heterocycles. The second-order valence-electron chi connectivity index (χ2n) is 5.13. The predicted molar refractivity (Wildman–Crippen MR) is 81.0 cm³/mol. The number of nitrogens with zero attached hydrogens (tertiary/aromatic N) is 3. The highest BCUT2D eigenvalue weighted by molar-refractivity contribution is 7.98. The standard InChI is InChI=1S/C16H14FN3OS/c17-14-10(4-3-7-19-14)9-22-16-12-6-2-1-5-11(12)13(8-18)15(21)20-16/h3-4,7H,1-2,5-6,9H2,(H,20,21). The number of thioether (sulfide) groups is 1. The van der Waals surface area contributed by atoms with Crippen LogP contribution in [-0.4, -0.2) is 15.1 Å². The van der Waals surface area contributed by atoms with Gasteiger partial charge >= 0.3 is 0 Å². The smallest absolute Gasteiger partial charge is 0.230 e. The Labute approximate surface area is 132 Å². The zero-order valence-corrected chi connectivity index (χ0v) is 12.7. The molecule has 0 saturated carbocycles. The minimum absolute atomic E-state index is 0.225. The summed E-state index contributed by atoms with van der Waals surface area (Å²) in [6.45, 7) is 0. The number of aromatic nitrogens is 2. The molecule has 0 aliphatic heterocycles. The molecule has 0 unspecified atom stereocenters. The van der Waals surface area contributed by atoms with Crippen LogP contribution >= 0.6 is 11.8 Å². The molecule has 1 aliphatic carbocycles. The maximum atomic E-state index is 13.6. The largest absolute Gasteiger partial charge is 0.492 e. The third-order valence-electron chi connectivity index (χ3n) is 3.77. The van der Waals surface area contributed by atoms with E-state index in [0.29, 0.717) is 16.3 Å².